The normalized spacial score (nSPS) is 18.2. The van der Waals surface area contributed by atoms with E-state index in [1.165, 1.54) is 24.4 Å². The Labute approximate surface area is 142 Å². The molecule has 1 saturated heterocycles. The topological polar surface area (TPSA) is 87.5 Å². The first kappa shape index (κ1) is 16.8. The standard InChI is InChI=1S/C17H26N4O3/c22-15(23)5-3-8-18-17(24)20-10-6-13(7-11-20)16-19-12-14-4-1-2-9-21(14)16/h12-13H,1-11H2,(H,18,24)(H,22,23). The number of hydrogen-bond acceptors (Lipinski definition) is 3. The van der Waals surface area contributed by atoms with E-state index in [9.17, 15) is 9.59 Å². The van der Waals surface area contributed by atoms with Crippen LogP contribution in [0.3, 0.4) is 0 Å². The molecule has 0 aromatic carbocycles. The zero-order valence-corrected chi connectivity index (χ0v) is 14.0. The maximum absolute atomic E-state index is 12.1. The van der Waals surface area contributed by atoms with Crippen LogP contribution in [0.15, 0.2) is 6.20 Å². The lowest BCUT2D eigenvalue weighted by Gasteiger charge is -2.32. The maximum atomic E-state index is 12.1. The number of aromatic nitrogens is 2. The van der Waals surface area contributed by atoms with Gasteiger partial charge in [-0.05, 0) is 38.5 Å². The number of nitrogens with zero attached hydrogens (tertiary/aromatic N) is 3. The van der Waals surface area contributed by atoms with Gasteiger partial charge >= 0.3 is 12.0 Å². The number of carbonyl (C=O) groups excluding carboxylic acids is 1. The Morgan fingerprint density at radius 3 is 2.79 bits per heavy atom. The molecule has 0 spiro atoms. The number of carboxylic acids is 1. The van der Waals surface area contributed by atoms with Crippen molar-refractivity contribution in [3.05, 3.63) is 17.7 Å². The van der Waals surface area contributed by atoms with Crippen LogP contribution in [0.4, 0.5) is 4.79 Å². The molecule has 2 aliphatic heterocycles. The number of rotatable bonds is 5. The summed E-state index contributed by atoms with van der Waals surface area (Å²) in [4.78, 5) is 29.1. The van der Waals surface area contributed by atoms with E-state index >= 15 is 0 Å². The molecule has 24 heavy (non-hydrogen) atoms. The predicted octanol–water partition coefficient (Wildman–Crippen LogP) is 1.97. The van der Waals surface area contributed by atoms with Crippen LogP contribution in [0.5, 0.6) is 0 Å². The molecule has 0 atom stereocenters. The zero-order chi connectivity index (χ0) is 16.9. The molecule has 1 fully saturated rings. The summed E-state index contributed by atoms with van der Waals surface area (Å²) in [5.41, 5.74) is 1.36. The molecule has 132 valence electrons. The van der Waals surface area contributed by atoms with Gasteiger partial charge in [-0.15, -0.1) is 0 Å². The summed E-state index contributed by atoms with van der Waals surface area (Å²) >= 11 is 0. The summed E-state index contributed by atoms with van der Waals surface area (Å²) in [5.74, 6) is 0.812. The highest BCUT2D eigenvalue weighted by Crippen LogP contribution is 2.29. The molecule has 0 unspecified atom stereocenters. The highest BCUT2D eigenvalue weighted by molar-refractivity contribution is 5.74. The molecule has 3 heterocycles. The third-order valence-corrected chi connectivity index (χ3v) is 5.02. The number of urea groups is 1. The van der Waals surface area contributed by atoms with Crippen LogP contribution in [-0.4, -0.2) is 51.2 Å². The van der Waals surface area contributed by atoms with Gasteiger partial charge < -0.3 is 19.9 Å². The van der Waals surface area contributed by atoms with Gasteiger partial charge in [0, 0.05) is 50.4 Å². The Kier molecular flexibility index (Phi) is 5.37. The minimum Gasteiger partial charge on any atom is -0.481 e. The van der Waals surface area contributed by atoms with Crippen molar-refractivity contribution in [2.24, 2.45) is 0 Å². The van der Waals surface area contributed by atoms with Crippen LogP contribution in [-0.2, 0) is 17.8 Å². The van der Waals surface area contributed by atoms with Crippen LogP contribution in [0.25, 0.3) is 0 Å². The fraction of sp³-hybridized carbons (Fsp3) is 0.706. The number of amides is 2. The number of imidazole rings is 1. The van der Waals surface area contributed by atoms with Gasteiger partial charge in [0.15, 0.2) is 0 Å². The fourth-order valence-electron chi connectivity index (χ4n) is 3.67. The summed E-state index contributed by atoms with van der Waals surface area (Å²) in [6, 6.07) is -0.0796. The summed E-state index contributed by atoms with van der Waals surface area (Å²) in [7, 11) is 0. The molecule has 0 saturated carbocycles. The van der Waals surface area contributed by atoms with Gasteiger partial charge in [-0.2, -0.15) is 0 Å². The molecule has 0 bridgehead atoms. The van der Waals surface area contributed by atoms with Gasteiger partial charge in [0.2, 0.25) is 0 Å². The van der Waals surface area contributed by atoms with Gasteiger partial charge in [0.05, 0.1) is 0 Å². The molecule has 0 aliphatic carbocycles. The molecule has 2 amide bonds. The third kappa shape index (κ3) is 3.88. The van der Waals surface area contributed by atoms with E-state index in [1.54, 1.807) is 0 Å². The van der Waals surface area contributed by atoms with Crippen molar-refractivity contribution in [1.82, 2.24) is 19.8 Å². The quantitative estimate of drug-likeness (QED) is 0.806. The second-order valence-electron chi connectivity index (χ2n) is 6.71. The molecule has 0 radical (unpaired) electrons. The zero-order valence-electron chi connectivity index (χ0n) is 14.0. The summed E-state index contributed by atoms with van der Waals surface area (Å²) < 4.78 is 2.38. The minimum absolute atomic E-state index is 0.0796. The maximum Gasteiger partial charge on any atom is 0.317 e. The Hall–Kier alpha value is -2.05. The van der Waals surface area contributed by atoms with E-state index in [2.05, 4.69) is 14.9 Å². The van der Waals surface area contributed by atoms with E-state index in [0.29, 0.717) is 18.9 Å². The molecule has 2 N–H and O–H groups in total. The van der Waals surface area contributed by atoms with E-state index in [0.717, 1.165) is 38.9 Å². The second-order valence-corrected chi connectivity index (χ2v) is 6.71. The van der Waals surface area contributed by atoms with E-state index < -0.39 is 5.97 Å². The molecular weight excluding hydrogens is 308 g/mol. The molecule has 7 nitrogen and oxygen atoms in total. The van der Waals surface area contributed by atoms with Crippen molar-refractivity contribution < 1.29 is 14.7 Å². The van der Waals surface area contributed by atoms with Crippen molar-refractivity contribution in [3.63, 3.8) is 0 Å². The number of nitrogens with one attached hydrogen (secondary N) is 1. The monoisotopic (exact) mass is 334 g/mol. The molecular formula is C17H26N4O3. The average Bonchev–Trinajstić information content (AvgIpc) is 3.02. The number of aliphatic carboxylic acids is 1. The van der Waals surface area contributed by atoms with Crippen molar-refractivity contribution >= 4 is 12.0 Å². The van der Waals surface area contributed by atoms with Crippen LogP contribution < -0.4 is 5.32 Å². The summed E-state index contributed by atoms with van der Waals surface area (Å²) in [5, 5.41) is 11.4. The van der Waals surface area contributed by atoms with Crippen LogP contribution in [0.1, 0.15) is 56.0 Å². The minimum atomic E-state index is -0.826. The Balaban J connectivity index is 1.46. The molecule has 1 aromatic heterocycles. The van der Waals surface area contributed by atoms with Gasteiger partial charge in [0.1, 0.15) is 5.82 Å². The number of carboxylic acid groups (broad SMARTS) is 1. The highest BCUT2D eigenvalue weighted by atomic mass is 16.4. The van der Waals surface area contributed by atoms with Gasteiger partial charge in [0.25, 0.3) is 0 Å². The Morgan fingerprint density at radius 2 is 2.04 bits per heavy atom. The van der Waals surface area contributed by atoms with Crippen LogP contribution >= 0.6 is 0 Å². The Morgan fingerprint density at radius 1 is 1.25 bits per heavy atom. The lowest BCUT2D eigenvalue weighted by Crippen LogP contribution is -2.44. The van der Waals surface area contributed by atoms with Gasteiger partial charge in [-0.1, -0.05) is 0 Å². The van der Waals surface area contributed by atoms with Crippen LogP contribution in [0.2, 0.25) is 0 Å². The Bertz CT molecular complexity index is 591. The SMILES string of the molecule is O=C(O)CCCNC(=O)N1CCC(c2ncc3n2CCCC3)CC1. The average molecular weight is 334 g/mol. The summed E-state index contributed by atoms with van der Waals surface area (Å²) in [6.07, 6.45) is 8.09. The molecule has 2 aliphatic rings. The van der Waals surface area contributed by atoms with Crippen molar-refractivity contribution in [1.29, 1.82) is 0 Å². The van der Waals surface area contributed by atoms with E-state index in [4.69, 9.17) is 5.11 Å². The number of fused-ring (bicyclic) bond motifs is 1. The van der Waals surface area contributed by atoms with Crippen molar-refractivity contribution in [2.45, 2.75) is 57.4 Å². The van der Waals surface area contributed by atoms with Crippen LogP contribution in [0, 0.1) is 0 Å². The van der Waals surface area contributed by atoms with E-state index in [-0.39, 0.29) is 12.5 Å². The number of aryl methyl sites for hydroxylation is 1. The predicted molar refractivity (Wildman–Crippen MR) is 89.0 cm³/mol. The van der Waals surface area contributed by atoms with Crippen molar-refractivity contribution in [2.75, 3.05) is 19.6 Å². The number of hydrogen-bond donors (Lipinski definition) is 2. The highest BCUT2D eigenvalue weighted by Gasteiger charge is 2.27. The van der Waals surface area contributed by atoms with Crippen molar-refractivity contribution in [3.8, 4) is 0 Å². The lowest BCUT2D eigenvalue weighted by atomic mass is 9.95. The first-order valence-corrected chi connectivity index (χ1v) is 8.94. The first-order chi connectivity index (χ1) is 11.6. The number of likely N-dealkylation sites (tertiary alicyclic amines) is 1. The van der Waals surface area contributed by atoms with E-state index in [1.807, 2.05) is 11.1 Å². The third-order valence-electron chi connectivity index (χ3n) is 5.02. The molecule has 7 heteroatoms. The van der Waals surface area contributed by atoms with Gasteiger partial charge in [-0.3, -0.25) is 4.79 Å². The smallest absolute Gasteiger partial charge is 0.317 e. The second kappa shape index (κ2) is 7.68. The first-order valence-electron chi connectivity index (χ1n) is 8.94. The lowest BCUT2D eigenvalue weighted by molar-refractivity contribution is -0.137. The number of piperidine rings is 1. The van der Waals surface area contributed by atoms with Gasteiger partial charge in [-0.25, -0.2) is 9.78 Å². The molecule has 1 aromatic rings. The summed E-state index contributed by atoms with van der Waals surface area (Å²) in [6.45, 7) is 2.96. The molecule has 3 rings (SSSR count). The fourth-order valence-corrected chi connectivity index (χ4v) is 3.67. The largest absolute Gasteiger partial charge is 0.481 e. The number of carbonyl (C=O) groups is 2.